The van der Waals surface area contributed by atoms with Gasteiger partial charge in [-0.3, -0.25) is 4.79 Å². The second-order valence-electron chi connectivity index (χ2n) is 6.14. The lowest BCUT2D eigenvalue weighted by molar-refractivity contribution is 0.414. The number of aryl methyl sites for hydroxylation is 1. The number of hydrogen-bond donors (Lipinski definition) is 0. The SMILES string of the molecule is CCc1ccc(-n2ccc(=O)c(-c3nc(-c4ccc(OC)cc4)no3)n2)cc1. The van der Waals surface area contributed by atoms with Crippen molar-refractivity contribution in [3.05, 3.63) is 76.6 Å². The van der Waals surface area contributed by atoms with E-state index in [1.165, 1.54) is 11.6 Å². The fraction of sp³-hybridized carbons (Fsp3) is 0.143. The molecule has 0 bridgehead atoms. The maximum absolute atomic E-state index is 12.3. The van der Waals surface area contributed by atoms with Crippen molar-refractivity contribution in [1.82, 2.24) is 19.9 Å². The summed E-state index contributed by atoms with van der Waals surface area (Å²) in [5.41, 5.74) is 2.64. The van der Waals surface area contributed by atoms with Crippen LogP contribution in [-0.2, 0) is 6.42 Å². The zero-order valence-corrected chi connectivity index (χ0v) is 15.5. The molecule has 4 aromatic rings. The first-order chi connectivity index (χ1) is 13.7. The molecule has 0 spiro atoms. The minimum Gasteiger partial charge on any atom is -0.497 e. The van der Waals surface area contributed by atoms with Crippen LogP contribution in [0.3, 0.4) is 0 Å². The van der Waals surface area contributed by atoms with E-state index in [4.69, 9.17) is 9.26 Å². The van der Waals surface area contributed by atoms with Crippen molar-refractivity contribution in [1.29, 1.82) is 0 Å². The van der Waals surface area contributed by atoms with E-state index < -0.39 is 0 Å². The fourth-order valence-electron chi connectivity index (χ4n) is 2.76. The van der Waals surface area contributed by atoms with Crippen LogP contribution in [0.4, 0.5) is 0 Å². The second kappa shape index (κ2) is 7.48. The first kappa shape index (κ1) is 17.7. The van der Waals surface area contributed by atoms with Gasteiger partial charge in [0.25, 0.3) is 5.89 Å². The van der Waals surface area contributed by atoms with Crippen molar-refractivity contribution in [3.8, 4) is 34.4 Å². The molecule has 4 rings (SSSR count). The summed E-state index contributed by atoms with van der Waals surface area (Å²) in [6.07, 6.45) is 2.58. The number of ether oxygens (including phenoxy) is 1. The van der Waals surface area contributed by atoms with Crippen LogP contribution < -0.4 is 10.2 Å². The summed E-state index contributed by atoms with van der Waals surface area (Å²) in [5, 5.41) is 8.36. The van der Waals surface area contributed by atoms with E-state index in [2.05, 4.69) is 22.2 Å². The third-order valence-electron chi connectivity index (χ3n) is 4.39. The highest BCUT2D eigenvalue weighted by atomic mass is 16.5. The largest absolute Gasteiger partial charge is 0.497 e. The number of benzene rings is 2. The number of methoxy groups -OCH3 is 1. The summed E-state index contributed by atoms with van der Waals surface area (Å²) in [4.78, 5) is 16.6. The minimum absolute atomic E-state index is 0.0790. The predicted molar refractivity (Wildman–Crippen MR) is 104 cm³/mol. The molecule has 0 aliphatic rings. The molecule has 0 saturated heterocycles. The second-order valence-corrected chi connectivity index (χ2v) is 6.14. The van der Waals surface area contributed by atoms with E-state index in [-0.39, 0.29) is 17.0 Å². The van der Waals surface area contributed by atoms with Gasteiger partial charge >= 0.3 is 0 Å². The van der Waals surface area contributed by atoms with Crippen molar-refractivity contribution in [3.63, 3.8) is 0 Å². The molecule has 28 heavy (non-hydrogen) atoms. The first-order valence-corrected chi connectivity index (χ1v) is 8.85. The topological polar surface area (TPSA) is 83.0 Å². The Balaban J connectivity index is 1.69. The third kappa shape index (κ3) is 3.42. The average molecular weight is 374 g/mol. The summed E-state index contributed by atoms with van der Waals surface area (Å²) in [6.45, 7) is 2.10. The summed E-state index contributed by atoms with van der Waals surface area (Å²) < 4.78 is 12.1. The van der Waals surface area contributed by atoms with Crippen LogP contribution in [0.1, 0.15) is 12.5 Å². The van der Waals surface area contributed by atoms with Gasteiger partial charge in [-0.05, 0) is 48.4 Å². The molecule has 0 N–H and O–H groups in total. The molecule has 0 unspecified atom stereocenters. The highest BCUT2D eigenvalue weighted by Gasteiger charge is 2.16. The van der Waals surface area contributed by atoms with Gasteiger partial charge in [-0.15, -0.1) is 0 Å². The van der Waals surface area contributed by atoms with Crippen LogP contribution in [0.2, 0.25) is 0 Å². The van der Waals surface area contributed by atoms with Gasteiger partial charge < -0.3 is 9.26 Å². The Kier molecular flexibility index (Phi) is 4.72. The van der Waals surface area contributed by atoms with Crippen LogP contribution in [0, 0.1) is 0 Å². The molecule has 7 nitrogen and oxygen atoms in total. The highest BCUT2D eigenvalue weighted by Crippen LogP contribution is 2.22. The van der Waals surface area contributed by atoms with Crippen LogP contribution in [0.5, 0.6) is 5.75 Å². The normalized spacial score (nSPS) is 10.8. The molecule has 0 saturated carbocycles. The predicted octanol–water partition coefficient (Wildman–Crippen LogP) is 3.52. The first-order valence-electron chi connectivity index (χ1n) is 8.85. The van der Waals surface area contributed by atoms with E-state index in [0.29, 0.717) is 5.82 Å². The molecule has 0 aliphatic heterocycles. The quantitative estimate of drug-likeness (QED) is 0.531. The molecule has 2 aromatic carbocycles. The van der Waals surface area contributed by atoms with Crippen LogP contribution in [-0.4, -0.2) is 27.0 Å². The molecule has 7 heteroatoms. The molecule has 0 amide bonds. The molecule has 140 valence electrons. The van der Waals surface area contributed by atoms with Gasteiger partial charge in [0.05, 0.1) is 12.8 Å². The molecule has 0 radical (unpaired) electrons. The van der Waals surface area contributed by atoms with Gasteiger partial charge in [-0.2, -0.15) is 10.1 Å². The lowest BCUT2D eigenvalue weighted by Crippen LogP contribution is -2.12. The summed E-state index contributed by atoms with van der Waals surface area (Å²) in [5.74, 6) is 1.19. The zero-order chi connectivity index (χ0) is 19.5. The highest BCUT2D eigenvalue weighted by molar-refractivity contribution is 5.58. The Morgan fingerprint density at radius 1 is 1.04 bits per heavy atom. The summed E-state index contributed by atoms with van der Waals surface area (Å²) >= 11 is 0. The van der Waals surface area contributed by atoms with E-state index in [9.17, 15) is 4.79 Å². The van der Waals surface area contributed by atoms with Crippen molar-refractivity contribution < 1.29 is 9.26 Å². The number of aromatic nitrogens is 4. The summed E-state index contributed by atoms with van der Waals surface area (Å²) in [7, 11) is 1.60. The van der Waals surface area contributed by atoms with Crippen LogP contribution in [0.15, 0.2) is 70.1 Å². The smallest absolute Gasteiger partial charge is 0.282 e. The fourth-order valence-corrected chi connectivity index (χ4v) is 2.76. The van der Waals surface area contributed by atoms with E-state index >= 15 is 0 Å². The molecule has 0 atom stereocenters. The van der Waals surface area contributed by atoms with Crippen molar-refractivity contribution >= 4 is 0 Å². The Morgan fingerprint density at radius 2 is 1.79 bits per heavy atom. The van der Waals surface area contributed by atoms with E-state index in [1.807, 2.05) is 36.4 Å². The number of rotatable bonds is 5. The number of hydrogen-bond acceptors (Lipinski definition) is 6. The van der Waals surface area contributed by atoms with Crippen molar-refractivity contribution in [2.45, 2.75) is 13.3 Å². The van der Waals surface area contributed by atoms with E-state index in [0.717, 1.165) is 23.4 Å². The van der Waals surface area contributed by atoms with Gasteiger partial charge in [-0.25, -0.2) is 4.68 Å². The molecule has 0 fully saturated rings. The van der Waals surface area contributed by atoms with Crippen molar-refractivity contribution in [2.24, 2.45) is 0 Å². The lowest BCUT2D eigenvalue weighted by atomic mass is 10.1. The maximum Gasteiger partial charge on any atom is 0.282 e. The molecule has 0 aliphatic carbocycles. The Morgan fingerprint density at radius 3 is 2.46 bits per heavy atom. The Bertz CT molecular complexity index is 1150. The van der Waals surface area contributed by atoms with Gasteiger partial charge in [-0.1, -0.05) is 24.2 Å². The minimum atomic E-state index is -0.286. The standard InChI is InChI=1S/C21H18N4O3/c1-3-14-4-8-16(9-5-14)25-13-12-18(26)19(23-25)21-22-20(24-28-21)15-6-10-17(27-2)11-7-15/h4-13H,3H2,1-2H3. The average Bonchev–Trinajstić information content (AvgIpc) is 3.24. The third-order valence-corrected chi connectivity index (χ3v) is 4.39. The van der Waals surface area contributed by atoms with Gasteiger partial charge in [0.2, 0.25) is 11.3 Å². The summed E-state index contributed by atoms with van der Waals surface area (Å²) in [6, 6.07) is 16.7. The number of nitrogens with zero attached hydrogens (tertiary/aromatic N) is 4. The lowest BCUT2D eigenvalue weighted by Gasteiger charge is -2.06. The van der Waals surface area contributed by atoms with Crippen LogP contribution in [0.25, 0.3) is 28.7 Å². The molecular weight excluding hydrogens is 356 g/mol. The van der Waals surface area contributed by atoms with Crippen molar-refractivity contribution in [2.75, 3.05) is 7.11 Å². The van der Waals surface area contributed by atoms with E-state index in [1.54, 1.807) is 30.1 Å². The maximum atomic E-state index is 12.3. The van der Waals surface area contributed by atoms with Gasteiger partial charge in [0.1, 0.15) is 5.75 Å². The molecule has 2 aromatic heterocycles. The van der Waals surface area contributed by atoms with Gasteiger partial charge in [0.15, 0.2) is 5.69 Å². The molecular formula is C21H18N4O3. The Hall–Kier alpha value is -3.74. The Labute approximate surface area is 161 Å². The van der Waals surface area contributed by atoms with Crippen LogP contribution >= 0.6 is 0 Å². The van der Waals surface area contributed by atoms with Gasteiger partial charge in [0, 0.05) is 17.8 Å². The zero-order valence-electron chi connectivity index (χ0n) is 15.5. The molecule has 2 heterocycles. The monoisotopic (exact) mass is 374 g/mol.